The number of ether oxygens (including phenoxy) is 2. The second-order valence-corrected chi connectivity index (χ2v) is 6.94. The molecule has 1 aromatic heterocycles. The monoisotopic (exact) mass is 382 g/mol. The van der Waals surface area contributed by atoms with E-state index in [0.717, 1.165) is 30.0 Å². The number of nitrogens with zero attached hydrogens (tertiary/aromatic N) is 3. The van der Waals surface area contributed by atoms with E-state index in [2.05, 4.69) is 15.1 Å². The molecule has 1 N–H and O–H groups in total. The minimum atomic E-state index is -0.0838. The molecule has 0 aliphatic carbocycles. The van der Waals surface area contributed by atoms with E-state index in [1.807, 2.05) is 23.1 Å². The highest BCUT2D eigenvalue weighted by Gasteiger charge is 2.26. The molecule has 3 aromatic rings. The molecule has 2 aliphatic heterocycles. The number of benzene rings is 2. The maximum absolute atomic E-state index is 12.9. The van der Waals surface area contributed by atoms with E-state index in [4.69, 9.17) is 9.47 Å². The lowest BCUT2D eigenvalue weighted by Crippen LogP contribution is -2.45. The Bertz CT molecular complexity index is 1050. The Morgan fingerprint density at radius 3 is 3.04 bits per heavy atom. The number of carbonyl (C=O) groups is 1. The Kier molecular flexibility index (Phi) is 3.92. The van der Waals surface area contributed by atoms with E-state index >= 15 is 0 Å². The van der Waals surface area contributed by atoms with Crippen LogP contribution in [0.1, 0.15) is 23.2 Å². The van der Waals surface area contributed by atoms with Gasteiger partial charge in [0.1, 0.15) is 0 Å². The third kappa shape index (κ3) is 2.94. The number of aromatic nitrogens is 2. The van der Waals surface area contributed by atoms with Crippen LogP contribution in [0.15, 0.2) is 41.0 Å². The van der Waals surface area contributed by atoms with Crippen LogP contribution in [0.3, 0.4) is 0 Å². The van der Waals surface area contributed by atoms with Gasteiger partial charge in [0.15, 0.2) is 11.5 Å². The van der Waals surface area contributed by atoms with Crippen molar-refractivity contribution in [2.45, 2.75) is 18.9 Å². The minimum Gasteiger partial charge on any atom is -0.454 e. The molecule has 2 aromatic carbocycles. The fourth-order valence-corrected chi connectivity index (χ4v) is 3.69. The van der Waals surface area contributed by atoms with Crippen LogP contribution in [0, 0.1) is 5.21 Å². The zero-order chi connectivity index (χ0) is 19.1. The van der Waals surface area contributed by atoms with Crippen LogP contribution in [0.2, 0.25) is 0 Å². The lowest BCUT2D eigenvalue weighted by molar-refractivity contribution is -0.782. The van der Waals surface area contributed by atoms with Gasteiger partial charge in [0, 0.05) is 47.7 Å². The molecule has 144 valence electrons. The number of nitrogens with one attached hydrogen (secondary N) is 1. The van der Waals surface area contributed by atoms with Gasteiger partial charge in [0.2, 0.25) is 17.8 Å². The molecule has 0 saturated carbocycles. The third-order valence-corrected chi connectivity index (χ3v) is 5.08. The van der Waals surface area contributed by atoms with Crippen LogP contribution in [0.25, 0.3) is 11.0 Å². The largest absolute Gasteiger partial charge is 0.454 e. The summed E-state index contributed by atoms with van der Waals surface area (Å²) in [5, 5.41) is 18.6. The van der Waals surface area contributed by atoms with E-state index in [1.165, 1.54) is 0 Å². The topological polar surface area (TPSA) is 104 Å². The molecule has 0 spiro atoms. The van der Waals surface area contributed by atoms with Gasteiger partial charge in [0.25, 0.3) is 5.91 Å². The second kappa shape index (κ2) is 6.59. The average Bonchev–Trinajstić information content (AvgIpc) is 3.33. The molecule has 1 amide bonds. The molecule has 1 saturated heterocycles. The average molecular weight is 382 g/mol. The lowest BCUT2D eigenvalue weighted by Gasteiger charge is -2.33. The fourth-order valence-electron chi connectivity index (χ4n) is 3.69. The van der Waals surface area contributed by atoms with E-state index in [9.17, 15) is 10.0 Å². The van der Waals surface area contributed by atoms with Gasteiger partial charge in [-0.1, -0.05) is 0 Å². The van der Waals surface area contributed by atoms with Gasteiger partial charge in [-0.2, -0.15) is 0 Å². The zero-order valence-electron chi connectivity index (χ0n) is 15.0. The van der Waals surface area contributed by atoms with Gasteiger partial charge < -0.3 is 24.9 Å². The van der Waals surface area contributed by atoms with Crippen molar-refractivity contribution in [1.29, 1.82) is 0 Å². The Morgan fingerprint density at radius 1 is 1.21 bits per heavy atom. The second-order valence-electron chi connectivity index (χ2n) is 6.94. The molecular formula is C19H18N4O5. The number of fused-ring (bicyclic) bond motifs is 2. The summed E-state index contributed by atoms with van der Waals surface area (Å²) in [4.78, 5) is 15.1. The van der Waals surface area contributed by atoms with E-state index in [-0.39, 0.29) is 18.7 Å². The molecule has 3 heterocycles. The summed E-state index contributed by atoms with van der Waals surface area (Å²) in [5.74, 6) is 1.39. The quantitative estimate of drug-likeness (QED) is 0.690. The van der Waals surface area contributed by atoms with Crippen LogP contribution >= 0.6 is 0 Å². The number of piperidine rings is 1. The van der Waals surface area contributed by atoms with Crippen molar-refractivity contribution in [3.05, 3.63) is 47.2 Å². The molecule has 5 rings (SSSR count). The zero-order valence-corrected chi connectivity index (χ0v) is 15.0. The van der Waals surface area contributed by atoms with Crippen molar-refractivity contribution in [3.8, 4) is 11.5 Å². The van der Waals surface area contributed by atoms with E-state index < -0.39 is 0 Å². The molecule has 28 heavy (non-hydrogen) atoms. The molecular weight excluding hydrogens is 364 g/mol. The lowest BCUT2D eigenvalue weighted by atomic mass is 10.0. The summed E-state index contributed by atoms with van der Waals surface area (Å²) in [6, 6.07) is 10.7. The molecule has 1 atom stereocenters. The Labute approximate surface area is 160 Å². The summed E-state index contributed by atoms with van der Waals surface area (Å²) in [6.07, 6.45) is 1.87. The Morgan fingerprint density at radius 2 is 2.11 bits per heavy atom. The first kappa shape index (κ1) is 16.7. The first-order valence-electron chi connectivity index (χ1n) is 9.12. The molecule has 0 bridgehead atoms. The summed E-state index contributed by atoms with van der Waals surface area (Å²) < 4.78 is 15.3. The molecule has 2 aliphatic rings. The van der Waals surface area contributed by atoms with Crippen molar-refractivity contribution in [2.24, 2.45) is 0 Å². The number of anilines is 1. The smallest absolute Gasteiger partial charge is 0.254 e. The highest BCUT2D eigenvalue weighted by Crippen LogP contribution is 2.34. The summed E-state index contributed by atoms with van der Waals surface area (Å²) in [6.45, 7) is 1.52. The summed E-state index contributed by atoms with van der Waals surface area (Å²) in [7, 11) is 0. The highest BCUT2D eigenvalue weighted by molar-refractivity contribution is 5.97. The molecule has 9 heteroatoms. The standard InChI is InChI=1S/C19H18N4O5/c24-19(12-3-5-16-15(8-12)21-28-23(16)25)22-7-1-2-14(10-22)20-13-4-6-17-18(9-13)27-11-26-17/h3-6,8-9,14,20H,1-2,7,10-11H2/t14-/m1/s1. The Balaban J connectivity index is 1.29. The molecule has 9 nitrogen and oxygen atoms in total. The predicted octanol–water partition coefficient (Wildman–Crippen LogP) is 1.91. The van der Waals surface area contributed by atoms with Crippen LogP contribution < -0.4 is 19.7 Å². The number of amides is 1. The van der Waals surface area contributed by atoms with Crippen molar-refractivity contribution in [1.82, 2.24) is 10.1 Å². The first-order chi connectivity index (χ1) is 13.7. The molecule has 1 fully saturated rings. The number of carbonyl (C=O) groups excluding carboxylic acids is 1. The van der Waals surface area contributed by atoms with Crippen LogP contribution in [0.4, 0.5) is 5.69 Å². The minimum absolute atomic E-state index is 0.0838. The van der Waals surface area contributed by atoms with Gasteiger partial charge >= 0.3 is 0 Å². The van der Waals surface area contributed by atoms with Crippen LogP contribution in [-0.4, -0.2) is 41.9 Å². The normalized spacial score (nSPS) is 18.4. The summed E-state index contributed by atoms with van der Waals surface area (Å²) >= 11 is 0. The maximum atomic E-state index is 12.9. The highest BCUT2D eigenvalue weighted by atomic mass is 16.8. The van der Waals surface area contributed by atoms with Crippen molar-refractivity contribution < 1.29 is 23.8 Å². The van der Waals surface area contributed by atoms with Crippen molar-refractivity contribution in [2.75, 3.05) is 25.2 Å². The SMILES string of the molecule is O=C(c1ccc2c(c1)no[n+]2[O-])N1CCC[C@@H](Nc2ccc3c(c2)OCO3)C1. The van der Waals surface area contributed by atoms with Crippen LogP contribution in [0.5, 0.6) is 11.5 Å². The number of likely N-dealkylation sites (tertiary alicyclic amines) is 1. The predicted molar refractivity (Wildman–Crippen MR) is 98.1 cm³/mol. The van der Waals surface area contributed by atoms with Crippen LogP contribution in [-0.2, 0) is 0 Å². The third-order valence-electron chi connectivity index (χ3n) is 5.08. The molecule has 0 unspecified atom stereocenters. The van der Waals surface area contributed by atoms with Crippen molar-refractivity contribution >= 4 is 22.6 Å². The van der Waals surface area contributed by atoms with E-state index in [1.54, 1.807) is 18.2 Å². The number of hydrogen-bond donors (Lipinski definition) is 1. The van der Waals surface area contributed by atoms with Gasteiger partial charge in [-0.05, 0) is 42.0 Å². The Hall–Kier alpha value is -3.49. The van der Waals surface area contributed by atoms with Gasteiger partial charge in [0.05, 0.1) is 0 Å². The van der Waals surface area contributed by atoms with Gasteiger partial charge in [-0.15, -0.1) is 0 Å². The summed E-state index contributed by atoms with van der Waals surface area (Å²) in [5.41, 5.74) is 2.10. The number of hydrogen-bond acceptors (Lipinski definition) is 7. The molecule has 0 radical (unpaired) electrons. The van der Waals surface area contributed by atoms with E-state index in [0.29, 0.717) is 34.6 Å². The van der Waals surface area contributed by atoms with Crippen molar-refractivity contribution in [3.63, 3.8) is 0 Å². The first-order valence-corrected chi connectivity index (χ1v) is 9.12. The maximum Gasteiger partial charge on any atom is 0.254 e. The van der Waals surface area contributed by atoms with Gasteiger partial charge in [-0.3, -0.25) is 9.42 Å². The fraction of sp³-hybridized carbons (Fsp3) is 0.316. The number of rotatable bonds is 3. The van der Waals surface area contributed by atoms with Gasteiger partial charge in [-0.25, -0.2) is 0 Å².